The Hall–Kier alpha value is -2.77. The Morgan fingerprint density at radius 1 is 1.47 bits per heavy atom. The maximum Gasteiger partial charge on any atom is 0.348 e. The molecule has 0 unspecified atom stereocenters. The van der Waals surface area contributed by atoms with Gasteiger partial charge in [-0.3, -0.25) is 14.7 Å². The predicted molar refractivity (Wildman–Crippen MR) is 65.1 cm³/mol. The second kappa shape index (κ2) is 4.84. The zero-order valence-corrected chi connectivity index (χ0v) is 9.62. The van der Waals surface area contributed by atoms with Gasteiger partial charge in [-0.2, -0.15) is 4.98 Å². The first-order valence-electron chi connectivity index (χ1n) is 5.22. The van der Waals surface area contributed by atoms with Crippen LogP contribution < -0.4 is 11.4 Å². The van der Waals surface area contributed by atoms with E-state index in [1.165, 1.54) is 18.2 Å². The van der Waals surface area contributed by atoms with E-state index in [1.807, 2.05) is 0 Å². The summed E-state index contributed by atoms with van der Waals surface area (Å²) in [6.45, 7) is -0.0862. The maximum atomic E-state index is 13.1. The fraction of sp³-hybridized carbons (Fsp3) is 0.0909. The van der Waals surface area contributed by atoms with Crippen molar-refractivity contribution in [1.29, 1.82) is 0 Å². The van der Waals surface area contributed by atoms with Gasteiger partial charge in [0.05, 0.1) is 17.7 Å². The van der Waals surface area contributed by atoms with Gasteiger partial charge in [-0.1, -0.05) is 0 Å². The molecule has 0 aliphatic rings. The smallest absolute Gasteiger partial charge is 0.348 e. The fourth-order valence-corrected chi connectivity index (χ4v) is 1.55. The van der Waals surface area contributed by atoms with Gasteiger partial charge in [-0.25, -0.2) is 9.18 Å². The molecule has 2 rings (SSSR count). The van der Waals surface area contributed by atoms with Crippen molar-refractivity contribution < 1.29 is 9.31 Å². The molecular formula is C11H9FN4O3. The van der Waals surface area contributed by atoms with Crippen LogP contribution in [0.1, 0.15) is 5.56 Å². The predicted octanol–water partition coefficient (Wildman–Crippen LogP) is 0.921. The highest BCUT2D eigenvalue weighted by Gasteiger charge is 2.10. The van der Waals surface area contributed by atoms with Gasteiger partial charge < -0.3 is 5.73 Å². The first kappa shape index (κ1) is 12.7. The van der Waals surface area contributed by atoms with Crippen molar-refractivity contribution in [1.82, 2.24) is 9.55 Å². The van der Waals surface area contributed by atoms with Gasteiger partial charge in [0.15, 0.2) is 0 Å². The van der Waals surface area contributed by atoms with Gasteiger partial charge in [0.1, 0.15) is 12.0 Å². The van der Waals surface area contributed by atoms with E-state index in [1.54, 1.807) is 0 Å². The molecule has 1 heterocycles. The molecule has 1 aromatic heterocycles. The van der Waals surface area contributed by atoms with Crippen LogP contribution >= 0.6 is 0 Å². The van der Waals surface area contributed by atoms with Crippen molar-refractivity contribution in [3.63, 3.8) is 0 Å². The molecule has 0 saturated carbocycles. The number of aromatic nitrogens is 2. The van der Waals surface area contributed by atoms with E-state index in [0.29, 0.717) is 11.3 Å². The minimum atomic E-state index is -0.672. The molecule has 1 aromatic carbocycles. The van der Waals surface area contributed by atoms with Crippen LogP contribution in [0, 0.1) is 15.9 Å². The number of hydrogen-bond acceptors (Lipinski definition) is 5. The monoisotopic (exact) mass is 264 g/mol. The minimum Gasteiger partial charge on any atom is -0.398 e. The Morgan fingerprint density at radius 3 is 2.89 bits per heavy atom. The minimum absolute atomic E-state index is 0.0862. The van der Waals surface area contributed by atoms with Gasteiger partial charge in [0, 0.05) is 5.69 Å². The Bertz CT molecular complexity index is 699. The van der Waals surface area contributed by atoms with E-state index in [0.717, 1.165) is 17.0 Å². The van der Waals surface area contributed by atoms with Crippen LogP contribution in [0.2, 0.25) is 0 Å². The first-order chi connectivity index (χ1) is 8.97. The molecule has 0 aliphatic heterocycles. The third kappa shape index (κ3) is 2.73. The van der Waals surface area contributed by atoms with Crippen LogP contribution in [0.3, 0.4) is 0 Å². The summed E-state index contributed by atoms with van der Waals surface area (Å²) in [7, 11) is 0. The van der Waals surface area contributed by atoms with Crippen LogP contribution in [0.25, 0.3) is 0 Å². The molecular weight excluding hydrogens is 255 g/mol. The summed E-state index contributed by atoms with van der Waals surface area (Å²) in [5.74, 6) is -0.504. The molecule has 0 aliphatic carbocycles. The lowest BCUT2D eigenvalue weighted by Gasteiger charge is -2.07. The van der Waals surface area contributed by atoms with Crippen LogP contribution in [-0.4, -0.2) is 14.5 Å². The van der Waals surface area contributed by atoms with Gasteiger partial charge >= 0.3 is 11.4 Å². The van der Waals surface area contributed by atoms with E-state index < -0.39 is 16.4 Å². The Labute approximate surface area is 106 Å². The SMILES string of the molecule is Nc1ccc(F)cc1Cn1cc([N+](=O)[O-])cnc1=O. The highest BCUT2D eigenvalue weighted by Crippen LogP contribution is 2.15. The average Bonchev–Trinajstić information content (AvgIpc) is 2.36. The Kier molecular flexibility index (Phi) is 3.23. The maximum absolute atomic E-state index is 13.1. The van der Waals surface area contributed by atoms with Gasteiger partial charge in [0.25, 0.3) is 0 Å². The van der Waals surface area contributed by atoms with Crippen LogP contribution in [-0.2, 0) is 6.54 Å². The van der Waals surface area contributed by atoms with Crippen molar-refractivity contribution in [3.05, 3.63) is 62.6 Å². The summed E-state index contributed by atoms with van der Waals surface area (Å²) < 4.78 is 14.1. The number of nitrogen functional groups attached to an aromatic ring is 1. The van der Waals surface area contributed by atoms with Crippen LogP contribution in [0.5, 0.6) is 0 Å². The van der Waals surface area contributed by atoms with E-state index in [9.17, 15) is 19.3 Å². The first-order valence-corrected chi connectivity index (χ1v) is 5.22. The molecule has 0 atom stereocenters. The largest absolute Gasteiger partial charge is 0.398 e. The lowest BCUT2D eigenvalue weighted by Crippen LogP contribution is -2.23. The number of nitrogens with zero attached hydrogens (tertiary/aromatic N) is 3. The molecule has 2 aromatic rings. The molecule has 0 radical (unpaired) electrons. The molecule has 0 bridgehead atoms. The summed E-state index contributed by atoms with van der Waals surface area (Å²) in [5, 5.41) is 10.6. The summed E-state index contributed by atoms with van der Waals surface area (Å²) in [6, 6.07) is 3.72. The number of nitrogens with two attached hydrogens (primary N) is 1. The molecule has 98 valence electrons. The Balaban J connectivity index is 2.43. The van der Waals surface area contributed by atoms with E-state index in [2.05, 4.69) is 4.98 Å². The normalized spacial score (nSPS) is 10.4. The second-order valence-electron chi connectivity index (χ2n) is 3.82. The molecule has 0 fully saturated rings. The van der Waals surface area contributed by atoms with Crippen LogP contribution in [0.15, 0.2) is 35.4 Å². The van der Waals surface area contributed by atoms with Crippen molar-refractivity contribution in [2.75, 3.05) is 5.73 Å². The van der Waals surface area contributed by atoms with E-state index in [-0.39, 0.29) is 12.2 Å². The summed E-state index contributed by atoms with van der Waals surface area (Å²) in [5.41, 5.74) is 5.30. The number of rotatable bonds is 3. The van der Waals surface area contributed by atoms with Gasteiger partial charge in [0.2, 0.25) is 0 Å². The molecule has 2 N–H and O–H groups in total. The number of benzene rings is 1. The molecule has 0 amide bonds. The number of nitro groups is 1. The highest BCUT2D eigenvalue weighted by atomic mass is 19.1. The molecule has 8 heteroatoms. The summed E-state index contributed by atoms with van der Waals surface area (Å²) in [6.07, 6.45) is 1.91. The molecule has 0 spiro atoms. The average molecular weight is 264 g/mol. The van der Waals surface area contributed by atoms with Gasteiger partial charge in [-0.05, 0) is 23.8 Å². The second-order valence-corrected chi connectivity index (χ2v) is 3.82. The molecule has 19 heavy (non-hydrogen) atoms. The standard InChI is InChI=1S/C11H9FN4O3/c12-8-1-2-10(13)7(3-8)5-15-6-9(16(18)19)4-14-11(15)17/h1-4,6H,5,13H2. The lowest BCUT2D eigenvalue weighted by molar-refractivity contribution is -0.385. The van der Waals surface area contributed by atoms with E-state index >= 15 is 0 Å². The third-order valence-corrected chi connectivity index (χ3v) is 2.50. The quantitative estimate of drug-likeness (QED) is 0.504. The number of anilines is 1. The third-order valence-electron chi connectivity index (χ3n) is 2.50. The van der Waals surface area contributed by atoms with Crippen molar-refractivity contribution in [3.8, 4) is 0 Å². The zero-order chi connectivity index (χ0) is 14.0. The van der Waals surface area contributed by atoms with E-state index in [4.69, 9.17) is 5.73 Å². The van der Waals surface area contributed by atoms with Gasteiger partial charge in [-0.15, -0.1) is 0 Å². The molecule has 0 saturated heterocycles. The lowest BCUT2D eigenvalue weighted by atomic mass is 10.2. The Morgan fingerprint density at radius 2 is 2.21 bits per heavy atom. The summed E-state index contributed by atoms with van der Waals surface area (Å²) >= 11 is 0. The zero-order valence-electron chi connectivity index (χ0n) is 9.62. The fourth-order valence-electron chi connectivity index (χ4n) is 1.55. The topological polar surface area (TPSA) is 104 Å². The molecule has 7 nitrogen and oxygen atoms in total. The van der Waals surface area contributed by atoms with Crippen molar-refractivity contribution in [2.45, 2.75) is 6.54 Å². The number of halogens is 1. The van der Waals surface area contributed by atoms with Crippen molar-refractivity contribution >= 4 is 11.4 Å². The summed E-state index contributed by atoms with van der Waals surface area (Å²) in [4.78, 5) is 24.8. The van der Waals surface area contributed by atoms with Crippen molar-refractivity contribution in [2.24, 2.45) is 0 Å². The number of hydrogen-bond donors (Lipinski definition) is 1. The highest BCUT2D eigenvalue weighted by molar-refractivity contribution is 5.46. The van der Waals surface area contributed by atoms with Crippen LogP contribution in [0.4, 0.5) is 15.8 Å².